The van der Waals surface area contributed by atoms with E-state index in [0.717, 1.165) is 6.16 Å². The molecule has 0 aliphatic heterocycles. The Morgan fingerprint density at radius 1 is 0.833 bits per heavy atom. The second-order valence-corrected chi connectivity index (χ2v) is 12.5. The smallest absolute Gasteiger partial charge is 0.408 e. The molecule has 0 unspecified atom stereocenters. The number of aliphatic carboxylic acids is 1. The number of H-pyrrole nitrogens is 1. The van der Waals surface area contributed by atoms with Gasteiger partial charge in [0.2, 0.25) is 0 Å². The molecule has 1 atom stereocenters. The van der Waals surface area contributed by atoms with Crippen LogP contribution < -0.4 is 21.2 Å². The summed E-state index contributed by atoms with van der Waals surface area (Å²) in [5, 5.41) is 24.9. The first kappa shape index (κ1) is 32.4. The fraction of sp³-hybridized carbons (Fsp3) is 0.0938. The molecule has 3 N–H and O–H groups in total. The number of aromatic amines is 1. The Kier molecular flexibility index (Phi) is 12.7. The molecule has 0 aliphatic carbocycles. The van der Waals surface area contributed by atoms with Gasteiger partial charge < -0.3 is 33.4 Å². The number of ether oxygens (including phenoxy) is 1. The molecule has 10 heteroatoms. The van der Waals surface area contributed by atoms with Crippen molar-refractivity contribution in [2.24, 2.45) is 0 Å². The predicted octanol–water partition coefficient (Wildman–Crippen LogP) is 4.47. The van der Waals surface area contributed by atoms with E-state index in [1.807, 2.05) is 0 Å². The van der Waals surface area contributed by atoms with Crippen LogP contribution in [-0.4, -0.2) is 38.7 Å². The minimum Gasteiger partial charge on any atom is -0.479 e. The number of carbonyl (C=O) groups excluding carboxylic acids is 1. The fourth-order valence-electron chi connectivity index (χ4n) is 4.37. The van der Waals surface area contributed by atoms with Gasteiger partial charge >= 0.3 is 12.1 Å². The fourth-order valence-corrected chi connectivity index (χ4v) is 8.08. The Labute approximate surface area is 261 Å². The van der Waals surface area contributed by atoms with Gasteiger partial charge in [-0.15, -0.1) is 5.21 Å². The molecule has 219 valence electrons. The summed E-state index contributed by atoms with van der Waals surface area (Å²) in [6.45, 7) is 4.21. The summed E-state index contributed by atoms with van der Waals surface area (Å²) >= 11 is 0. The molecular weight excluding hydrogens is 732 g/mol. The number of carboxylic acid groups (broad SMARTS) is 1. The van der Waals surface area contributed by atoms with Crippen LogP contribution >= 0.6 is 7.26 Å². The van der Waals surface area contributed by atoms with E-state index in [-0.39, 0.29) is 29.0 Å². The van der Waals surface area contributed by atoms with E-state index in [1.54, 1.807) is 30.3 Å². The Hall–Kier alpha value is -4.07. The predicted molar refractivity (Wildman–Crippen MR) is 161 cm³/mol. The van der Waals surface area contributed by atoms with Gasteiger partial charge in [-0.05, 0) is 48.1 Å². The topological polar surface area (TPSA) is 117 Å². The molecule has 42 heavy (non-hydrogen) atoms. The molecule has 0 saturated carbocycles. The molecule has 0 bridgehead atoms. The largest absolute Gasteiger partial charge is 0.479 e. The van der Waals surface area contributed by atoms with E-state index in [0.29, 0.717) is 11.3 Å². The zero-order valence-corrected chi connectivity index (χ0v) is 25.6. The molecule has 5 rings (SSSR count). The molecule has 1 heterocycles. The van der Waals surface area contributed by atoms with E-state index in [4.69, 9.17) is 9.84 Å². The summed E-state index contributed by atoms with van der Waals surface area (Å²) in [5.41, 5.74) is 0.832. The van der Waals surface area contributed by atoms with Crippen molar-refractivity contribution in [2.75, 3.05) is 6.16 Å². The van der Waals surface area contributed by atoms with E-state index in [2.05, 4.69) is 125 Å². The summed E-state index contributed by atoms with van der Waals surface area (Å²) in [6.07, 6.45) is 2.50. The van der Waals surface area contributed by atoms with E-state index < -0.39 is 25.4 Å². The zero-order chi connectivity index (χ0) is 28.9. The van der Waals surface area contributed by atoms with Crippen LogP contribution in [0.1, 0.15) is 17.3 Å². The third kappa shape index (κ3) is 8.24. The maximum Gasteiger partial charge on any atom is 0.408 e. The van der Waals surface area contributed by atoms with Crippen LogP contribution in [0, 0.1) is 13.1 Å². The normalized spacial score (nSPS) is 11.2. The summed E-state index contributed by atoms with van der Waals surface area (Å²) in [4.78, 5) is 22.7. The number of hydrogen-bond acceptors (Lipinski definition) is 5. The maximum atomic E-state index is 11.6. The quantitative estimate of drug-likeness (QED) is 0.116. The summed E-state index contributed by atoms with van der Waals surface area (Å²) in [7, 11) is -1.65. The van der Waals surface area contributed by atoms with Gasteiger partial charge in [-0.2, -0.15) is 0 Å². The van der Waals surface area contributed by atoms with Crippen LogP contribution in [-0.2, 0) is 38.5 Å². The number of amides is 1. The monoisotopic (exact) mass is 762 g/mol. The van der Waals surface area contributed by atoms with E-state index in [1.165, 1.54) is 15.9 Å². The zero-order valence-electron chi connectivity index (χ0n) is 22.6. The van der Waals surface area contributed by atoms with E-state index in [9.17, 15) is 9.59 Å². The van der Waals surface area contributed by atoms with Crippen molar-refractivity contribution in [3.05, 3.63) is 146 Å². The first-order chi connectivity index (χ1) is 20.0. The standard InChI is InChI=1S/C20H19P.C12H11N4O4.Au/c1-2-21(18-12-6-3-7-13-18,19-14-8-4-9-15-19)20-16-10-5-11-17-20;17-11(18)10(8-4-2-1-3-5-8)14-12(19)20-7-9-6-13-16-15-9;/h3-17H,1-2H2;1-5,10H,7H2,(H,14,19)(H,17,18)(H,13,15,16);/q;-1;/t;10-;/m.1./s1. The Morgan fingerprint density at radius 3 is 1.67 bits per heavy atom. The van der Waals surface area contributed by atoms with E-state index >= 15 is 0 Å². The number of hydrogen-bond donors (Lipinski definition) is 3. The van der Waals surface area contributed by atoms with Gasteiger partial charge in [-0.3, -0.25) is 5.10 Å². The first-order valence-electron chi connectivity index (χ1n) is 12.9. The summed E-state index contributed by atoms with van der Waals surface area (Å²) in [6, 6.07) is 39.7. The molecule has 0 spiro atoms. The minimum absolute atomic E-state index is 0. The Balaban J connectivity index is 0.000000225. The van der Waals surface area contributed by atoms with Crippen LogP contribution in [0.4, 0.5) is 4.79 Å². The van der Waals surface area contributed by atoms with Gasteiger partial charge in [0, 0.05) is 22.4 Å². The van der Waals surface area contributed by atoms with Crippen LogP contribution in [0.15, 0.2) is 121 Å². The molecule has 0 fully saturated rings. The van der Waals surface area contributed by atoms with Gasteiger partial charge in [-0.1, -0.05) is 90.6 Å². The number of nitrogens with zero attached hydrogens (tertiary/aromatic N) is 2. The number of carbonyl (C=O) groups is 2. The second-order valence-electron chi connectivity index (χ2n) is 8.84. The molecule has 5 aromatic rings. The number of rotatable bonds is 9. The first-order valence-corrected chi connectivity index (χ1v) is 14.8. The van der Waals surface area contributed by atoms with Gasteiger partial charge in [0.15, 0.2) is 6.04 Å². The van der Waals surface area contributed by atoms with Crippen LogP contribution in [0.25, 0.3) is 0 Å². The van der Waals surface area contributed by atoms with Gasteiger partial charge in [0.1, 0.15) is 22.5 Å². The van der Waals surface area contributed by atoms with Crippen molar-refractivity contribution in [3.8, 4) is 0 Å². The molecule has 1 amide bonds. The molecule has 0 aliphatic rings. The number of carboxylic acids is 1. The molecular formula is C32H30AuN4O4P-. The summed E-state index contributed by atoms with van der Waals surface area (Å²) < 4.78 is 4.83. The average Bonchev–Trinajstić information content (AvgIpc) is 3.56. The van der Waals surface area contributed by atoms with Crippen molar-refractivity contribution in [1.29, 1.82) is 0 Å². The molecule has 1 radical (unpaired) electrons. The summed E-state index contributed by atoms with van der Waals surface area (Å²) in [5.74, 6) is -1.18. The van der Waals surface area contributed by atoms with Crippen molar-refractivity contribution >= 4 is 35.2 Å². The number of benzene rings is 4. The third-order valence-corrected chi connectivity index (χ3v) is 10.5. The van der Waals surface area contributed by atoms with Crippen LogP contribution in [0.3, 0.4) is 0 Å². The SMILES string of the molecule is O=C(N[C@@H](C(=O)O)c1ccccc1)OCc1[c-]nn[nH]1.[Au].[CH2-]C[P+](c1ccccc1)(c1ccccc1)c1ccccc1. The maximum absolute atomic E-state index is 11.6. The van der Waals surface area contributed by atoms with Crippen molar-refractivity contribution in [2.45, 2.75) is 12.6 Å². The van der Waals surface area contributed by atoms with Gasteiger partial charge in [0.25, 0.3) is 0 Å². The number of aromatic nitrogens is 3. The van der Waals surface area contributed by atoms with Crippen molar-refractivity contribution in [3.63, 3.8) is 0 Å². The number of nitrogens with one attached hydrogen (secondary N) is 2. The van der Waals surface area contributed by atoms with Gasteiger partial charge in [-0.25, -0.2) is 9.59 Å². The second kappa shape index (κ2) is 16.4. The number of alkyl carbamates (subject to hydrolysis) is 1. The van der Waals surface area contributed by atoms with Gasteiger partial charge in [0.05, 0.1) is 7.26 Å². The minimum atomic E-state index is -1.65. The Bertz CT molecular complexity index is 1400. The molecule has 0 saturated heterocycles. The van der Waals surface area contributed by atoms with Crippen LogP contribution in [0.5, 0.6) is 0 Å². The molecule has 8 nitrogen and oxygen atoms in total. The molecule has 1 aromatic heterocycles. The Morgan fingerprint density at radius 2 is 1.29 bits per heavy atom. The van der Waals surface area contributed by atoms with Crippen molar-refractivity contribution in [1.82, 2.24) is 20.7 Å². The van der Waals surface area contributed by atoms with Crippen molar-refractivity contribution < 1.29 is 41.8 Å². The van der Waals surface area contributed by atoms with Crippen LogP contribution in [0.2, 0.25) is 0 Å². The molecule has 4 aromatic carbocycles. The third-order valence-electron chi connectivity index (χ3n) is 6.34. The average molecular weight is 763 g/mol.